The van der Waals surface area contributed by atoms with Crippen LogP contribution >= 0.6 is 0 Å². The zero-order valence-corrected chi connectivity index (χ0v) is 19.4. The van der Waals surface area contributed by atoms with E-state index in [1.165, 1.54) is 10.5 Å². The fraction of sp³-hybridized carbons (Fsp3) is 0.385. The fourth-order valence-electron chi connectivity index (χ4n) is 3.56. The molecule has 1 aliphatic heterocycles. The zero-order chi connectivity index (χ0) is 23.1. The average Bonchev–Trinajstić information content (AvgIpc) is 3.02. The lowest BCUT2D eigenvalue weighted by atomic mass is 10.0. The second-order valence-electron chi connectivity index (χ2n) is 7.98. The SMILES string of the molecule is CCCCOCCCN1C(=O)C(Nc2ccc(C)c(C)c2)=C(c2ccc(OC)cc2)C1=O. The first kappa shape index (κ1) is 23.5. The van der Waals surface area contributed by atoms with Gasteiger partial charge in [-0.1, -0.05) is 31.5 Å². The minimum absolute atomic E-state index is 0.292. The minimum atomic E-state index is -0.312. The van der Waals surface area contributed by atoms with Crippen LogP contribution in [0.1, 0.15) is 42.9 Å². The van der Waals surface area contributed by atoms with Gasteiger partial charge in [-0.05, 0) is 67.6 Å². The van der Waals surface area contributed by atoms with Gasteiger partial charge in [0.1, 0.15) is 11.4 Å². The maximum Gasteiger partial charge on any atom is 0.278 e. The van der Waals surface area contributed by atoms with Gasteiger partial charge in [-0.25, -0.2) is 0 Å². The lowest BCUT2D eigenvalue weighted by Crippen LogP contribution is -2.34. The van der Waals surface area contributed by atoms with Crippen LogP contribution < -0.4 is 10.1 Å². The molecule has 1 N–H and O–H groups in total. The largest absolute Gasteiger partial charge is 0.497 e. The van der Waals surface area contributed by atoms with Crippen LogP contribution in [0.25, 0.3) is 5.57 Å². The summed E-state index contributed by atoms with van der Waals surface area (Å²) in [6.07, 6.45) is 2.69. The van der Waals surface area contributed by atoms with Crippen molar-refractivity contribution in [1.82, 2.24) is 4.90 Å². The third-order valence-electron chi connectivity index (χ3n) is 5.64. The Morgan fingerprint density at radius 1 is 0.906 bits per heavy atom. The molecule has 2 aromatic rings. The van der Waals surface area contributed by atoms with Crippen molar-refractivity contribution in [2.75, 3.05) is 32.2 Å². The van der Waals surface area contributed by atoms with E-state index in [1.54, 1.807) is 31.4 Å². The van der Waals surface area contributed by atoms with Gasteiger partial charge in [0.05, 0.1) is 12.7 Å². The van der Waals surface area contributed by atoms with Crippen LogP contribution in [0.5, 0.6) is 5.75 Å². The molecule has 0 saturated carbocycles. The summed E-state index contributed by atoms with van der Waals surface area (Å²) < 4.78 is 10.8. The van der Waals surface area contributed by atoms with Gasteiger partial charge in [-0.15, -0.1) is 0 Å². The molecule has 6 nitrogen and oxygen atoms in total. The number of anilines is 1. The molecule has 0 radical (unpaired) electrons. The molecule has 170 valence electrons. The molecule has 2 amide bonds. The lowest BCUT2D eigenvalue weighted by molar-refractivity contribution is -0.137. The van der Waals surface area contributed by atoms with Crippen molar-refractivity contribution in [2.24, 2.45) is 0 Å². The highest BCUT2D eigenvalue weighted by atomic mass is 16.5. The molecule has 0 bridgehead atoms. The number of amides is 2. The molecule has 0 unspecified atom stereocenters. The molecule has 6 heteroatoms. The summed E-state index contributed by atoms with van der Waals surface area (Å²) in [6, 6.07) is 13.1. The Morgan fingerprint density at radius 3 is 2.28 bits per heavy atom. The predicted octanol–water partition coefficient (Wildman–Crippen LogP) is 4.71. The van der Waals surface area contributed by atoms with Gasteiger partial charge in [0.15, 0.2) is 0 Å². The molecular weight excluding hydrogens is 404 g/mol. The van der Waals surface area contributed by atoms with E-state index in [0.29, 0.717) is 48.8 Å². The van der Waals surface area contributed by atoms with E-state index in [2.05, 4.69) is 12.2 Å². The number of hydrogen-bond acceptors (Lipinski definition) is 5. The van der Waals surface area contributed by atoms with Gasteiger partial charge in [0, 0.05) is 25.4 Å². The molecule has 0 atom stereocenters. The van der Waals surface area contributed by atoms with Gasteiger partial charge in [-0.2, -0.15) is 0 Å². The second kappa shape index (κ2) is 11.0. The molecule has 32 heavy (non-hydrogen) atoms. The molecule has 3 rings (SSSR count). The number of nitrogens with zero attached hydrogens (tertiary/aromatic N) is 1. The molecule has 0 aromatic heterocycles. The van der Waals surface area contributed by atoms with Gasteiger partial charge in [0.25, 0.3) is 11.8 Å². The normalized spacial score (nSPS) is 13.8. The number of carbonyl (C=O) groups excluding carboxylic acids is 2. The molecule has 2 aromatic carbocycles. The van der Waals surface area contributed by atoms with Crippen molar-refractivity contribution in [1.29, 1.82) is 0 Å². The quantitative estimate of drug-likeness (QED) is 0.408. The Morgan fingerprint density at radius 2 is 1.62 bits per heavy atom. The lowest BCUT2D eigenvalue weighted by Gasteiger charge is -2.15. The smallest absolute Gasteiger partial charge is 0.278 e. The average molecular weight is 437 g/mol. The van der Waals surface area contributed by atoms with Crippen molar-refractivity contribution in [2.45, 2.75) is 40.0 Å². The summed E-state index contributed by atoms with van der Waals surface area (Å²) >= 11 is 0. The predicted molar refractivity (Wildman–Crippen MR) is 127 cm³/mol. The summed E-state index contributed by atoms with van der Waals surface area (Å²) in [6.45, 7) is 7.71. The Balaban J connectivity index is 1.85. The standard InChI is InChI=1S/C26H32N2O4/c1-5-6-15-32-16-7-14-28-25(29)23(20-9-12-22(31-4)13-10-20)24(26(28)30)27-21-11-8-18(2)19(3)17-21/h8-13,17,27H,5-7,14-16H2,1-4H3. The number of imide groups is 1. The number of unbranched alkanes of at least 4 members (excludes halogenated alkanes) is 1. The maximum absolute atomic E-state index is 13.3. The van der Waals surface area contributed by atoms with Gasteiger partial charge in [0.2, 0.25) is 0 Å². The highest BCUT2D eigenvalue weighted by Gasteiger charge is 2.38. The van der Waals surface area contributed by atoms with Crippen LogP contribution in [0.15, 0.2) is 48.2 Å². The fourth-order valence-corrected chi connectivity index (χ4v) is 3.56. The number of carbonyl (C=O) groups is 2. The molecule has 0 aliphatic carbocycles. The Labute approximate surface area is 190 Å². The van der Waals surface area contributed by atoms with Gasteiger partial charge in [-0.3, -0.25) is 14.5 Å². The first-order valence-electron chi connectivity index (χ1n) is 11.1. The van der Waals surface area contributed by atoms with E-state index in [0.717, 1.165) is 24.1 Å². The monoisotopic (exact) mass is 436 g/mol. The second-order valence-corrected chi connectivity index (χ2v) is 7.98. The summed E-state index contributed by atoms with van der Waals surface area (Å²) in [5, 5.41) is 3.22. The van der Waals surface area contributed by atoms with Crippen LogP contribution in [-0.2, 0) is 14.3 Å². The third-order valence-corrected chi connectivity index (χ3v) is 5.64. The van der Waals surface area contributed by atoms with E-state index >= 15 is 0 Å². The van der Waals surface area contributed by atoms with Crippen molar-refractivity contribution in [3.8, 4) is 5.75 Å². The first-order chi connectivity index (χ1) is 15.5. The van der Waals surface area contributed by atoms with Crippen LogP contribution in [0, 0.1) is 13.8 Å². The molecule has 0 spiro atoms. The highest BCUT2D eigenvalue weighted by Crippen LogP contribution is 2.32. The van der Waals surface area contributed by atoms with Crippen LogP contribution in [0.3, 0.4) is 0 Å². The van der Waals surface area contributed by atoms with Crippen molar-refractivity contribution < 1.29 is 19.1 Å². The molecular formula is C26H32N2O4. The van der Waals surface area contributed by atoms with E-state index in [1.807, 2.05) is 32.0 Å². The number of benzene rings is 2. The highest BCUT2D eigenvalue weighted by molar-refractivity contribution is 6.36. The van der Waals surface area contributed by atoms with Crippen molar-refractivity contribution >= 4 is 23.1 Å². The molecule has 1 aliphatic rings. The Hall–Kier alpha value is -3.12. The number of aryl methyl sites for hydroxylation is 2. The molecule has 0 saturated heterocycles. The van der Waals surface area contributed by atoms with Gasteiger partial charge < -0.3 is 14.8 Å². The van der Waals surface area contributed by atoms with Crippen LogP contribution in [-0.4, -0.2) is 43.6 Å². The van der Waals surface area contributed by atoms with Crippen molar-refractivity contribution in [3.63, 3.8) is 0 Å². The third kappa shape index (κ3) is 5.37. The maximum atomic E-state index is 13.3. The number of rotatable bonds is 11. The number of ether oxygens (including phenoxy) is 2. The topological polar surface area (TPSA) is 67.9 Å². The van der Waals surface area contributed by atoms with E-state index in [4.69, 9.17) is 9.47 Å². The summed E-state index contributed by atoms with van der Waals surface area (Å²) in [5.74, 6) is 0.0866. The zero-order valence-electron chi connectivity index (χ0n) is 19.4. The first-order valence-corrected chi connectivity index (χ1v) is 11.1. The Kier molecular flexibility index (Phi) is 8.06. The number of methoxy groups -OCH3 is 1. The Bertz CT molecular complexity index is 995. The number of hydrogen-bond donors (Lipinski definition) is 1. The van der Waals surface area contributed by atoms with E-state index < -0.39 is 0 Å². The van der Waals surface area contributed by atoms with Crippen molar-refractivity contribution in [3.05, 3.63) is 64.9 Å². The van der Waals surface area contributed by atoms with E-state index in [9.17, 15) is 9.59 Å². The molecule has 0 fully saturated rings. The minimum Gasteiger partial charge on any atom is -0.497 e. The number of nitrogens with one attached hydrogen (secondary N) is 1. The summed E-state index contributed by atoms with van der Waals surface area (Å²) in [4.78, 5) is 27.9. The summed E-state index contributed by atoms with van der Waals surface area (Å²) in [5.41, 5.74) is 4.41. The van der Waals surface area contributed by atoms with E-state index in [-0.39, 0.29) is 11.8 Å². The summed E-state index contributed by atoms with van der Waals surface area (Å²) in [7, 11) is 1.59. The van der Waals surface area contributed by atoms with Crippen LogP contribution in [0.2, 0.25) is 0 Å². The molecule has 1 heterocycles. The van der Waals surface area contributed by atoms with Gasteiger partial charge >= 0.3 is 0 Å². The van der Waals surface area contributed by atoms with Crippen LogP contribution in [0.4, 0.5) is 5.69 Å².